The van der Waals surface area contributed by atoms with Crippen LogP contribution in [0, 0.1) is 0 Å². The normalized spacial score (nSPS) is 15.4. The Morgan fingerprint density at radius 3 is 2.25 bits per heavy atom. The van der Waals surface area contributed by atoms with E-state index in [1.54, 1.807) is 7.11 Å². The fraction of sp³-hybridized carbons (Fsp3) is 0.321. The molecule has 4 heterocycles. The maximum Gasteiger partial charge on any atom is 0.490 e. The number of nitrogens with zero attached hydrogens (tertiary/aromatic N) is 5. The van der Waals surface area contributed by atoms with Crippen molar-refractivity contribution in [3.8, 4) is 16.9 Å². The van der Waals surface area contributed by atoms with E-state index in [-0.39, 0.29) is 0 Å². The zero-order chi connectivity index (χ0) is 32.5. The fourth-order valence-corrected chi connectivity index (χ4v) is 4.21. The summed E-state index contributed by atoms with van der Waals surface area (Å²) in [7, 11) is 1.69. The topological polar surface area (TPSA) is 130 Å². The second-order valence-electron chi connectivity index (χ2n) is 9.46. The Labute approximate surface area is 246 Å². The number of methoxy groups -OCH3 is 1. The lowest BCUT2D eigenvalue weighted by molar-refractivity contribution is -0.193. The van der Waals surface area contributed by atoms with Gasteiger partial charge in [-0.05, 0) is 60.8 Å². The van der Waals surface area contributed by atoms with Crippen LogP contribution in [0.15, 0.2) is 67.1 Å². The lowest BCUT2D eigenvalue weighted by Gasteiger charge is -2.31. The molecule has 1 atom stereocenters. The maximum atomic E-state index is 10.6. The highest BCUT2D eigenvalue weighted by atomic mass is 19.4. The molecule has 1 aromatic carbocycles. The van der Waals surface area contributed by atoms with Crippen molar-refractivity contribution in [3.63, 3.8) is 0 Å². The van der Waals surface area contributed by atoms with Gasteiger partial charge < -0.3 is 14.9 Å². The van der Waals surface area contributed by atoms with Crippen molar-refractivity contribution in [1.82, 2.24) is 24.5 Å². The smallest absolute Gasteiger partial charge is 0.490 e. The molecule has 4 aromatic rings. The Hall–Kier alpha value is -4.73. The first-order valence-electron chi connectivity index (χ1n) is 12.9. The number of halogens is 6. The van der Waals surface area contributed by atoms with Gasteiger partial charge in [-0.15, -0.1) is 0 Å². The van der Waals surface area contributed by atoms with Crippen LogP contribution >= 0.6 is 0 Å². The Bertz CT molecular complexity index is 1520. The maximum absolute atomic E-state index is 10.6. The van der Waals surface area contributed by atoms with Crippen LogP contribution in [-0.2, 0) is 16.1 Å². The highest BCUT2D eigenvalue weighted by Crippen LogP contribution is 2.28. The van der Waals surface area contributed by atoms with Crippen molar-refractivity contribution >= 4 is 17.6 Å². The number of rotatable bonds is 5. The van der Waals surface area contributed by atoms with Gasteiger partial charge >= 0.3 is 24.3 Å². The van der Waals surface area contributed by atoms with Gasteiger partial charge in [-0.3, -0.25) is 9.88 Å². The van der Waals surface area contributed by atoms with E-state index in [2.05, 4.69) is 34.3 Å². The van der Waals surface area contributed by atoms with Gasteiger partial charge in [0.05, 0.1) is 7.11 Å². The van der Waals surface area contributed by atoms with Crippen molar-refractivity contribution in [2.75, 3.05) is 20.2 Å². The molecular weight excluding hydrogens is 600 g/mol. The van der Waals surface area contributed by atoms with Gasteiger partial charge in [-0.2, -0.15) is 31.4 Å². The molecule has 1 aliphatic rings. The Kier molecular flexibility index (Phi) is 11.2. The summed E-state index contributed by atoms with van der Waals surface area (Å²) in [6.45, 7) is 3.02. The van der Waals surface area contributed by atoms with Gasteiger partial charge in [-0.25, -0.2) is 19.1 Å². The number of ether oxygens (including phenoxy) is 1. The highest BCUT2D eigenvalue weighted by molar-refractivity contribution is 5.73. The number of alkyl halides is 6. The number of aromatic nitrogens is 4. The molecule has 1 saturated heterocycles. The lowest BCUT2D eigenvalue weighted by atomic mass is 9.97. The SMILES string of the molecule is COc1cccc(-c2ccc3nc(C4CCCN(Cc5cccnc5)C4)nn3c2)c1.O=C(O)C(F)(F)F.O=C(O)C(F)(F)F. The van der Waals surface area contributed by atoms with Gasteiger partial charge in [0.15, 0.2) is 11.5 Å². The van der Waals surface area contributed by atoms with Crippen LogP contribution in [0.1, 0.15) is 30.1 Å². The predicted molar refractivity (Wildman–Crippen MR) is 144 cm³/mol. The minimum atomic E-state index is -5.08. The highest BCUT2D eigenvalue weighted by Gasteiger charge is 2.38. The number of hydrogen-bond donors (Lipinski definition) is 2. The number of carboxylic acid groups (broad SMARTS) is 2. The summed E-state index contributed by atoms with van der Waals surface area (Å²) in [6, 6.07) is 16.4. The van der Waals surface area contributed by atoms with Crippen molar-refractivity contribution in [1.29, 1.82) is 0 Å². The molecule has 0 saturated carbocycles. The molecule has 0 aliphatic carbocycles. The van der Waals surface area contributed by atoms with Crippen LogP contribution in [0.3, 0.4) is 0 Å². The molecule has 5 rings (SSSR count). The first-order chi connectivity index (χ1) is 20.7. The number of hydrogen-bond acceptors (Lipinski definition) is 7. The second kappa shape index (κ2) is 14.6. The summed E-state index contributed by atoms with van der Waals surface area (Å²) >= 11 is 0. The number of carbonyl (C=O) groups is 2. The third kappa shape index (κ3) is 9.93. The molecule has 0 bridgehead atoms. The summed E-state index contributed by atoms with van der Waals surface area (Å²) in [4.78, 5) is 29.3. The van der Waals surface area contributed by atoms with Crippen LogP contribution in [0.25, 0.3) is 16.8 Å². The molecule has 2 N–H and O–H groups in total. The molecule has 236 valence electrons. The fourth-order valence-electron chi connectivity index (χ4n) is 4.21. The second-order valence-corrected chi connectivity index (χ2v) is 9.46. The molecule has 3 aromatic heterocycles. The summed E-state index contributed by atoms with van der Waals surface area (Å²) < 4.78 is 70.7. The van der Waals surface area contributed by atoms with E-state index in [1.165, 1.54) is 5.56 Å². The number of benzene rings is 1. The molecule has 1 unspecified atom stereocenters. The van der Waals surface area contributed by atoms with Gasteiger partial charge in [0, 0.05) is 43.2 Å². The average molecular weight is 628 g/mol. The van der Waals surface area contributed by atoms with E-state index in [4.69, 9.17) is 34.6 Å². The zero-order valence-electron chi connectivity index (χ0n) is 23.1. The van der Waals surface area contributed by atoms with Crippen molar-refractivity contribution in [3.05, 3.63) is 78.5 Å². The van der Waals surface area contributed by atoms with E-state index in [9.17, 15) is 26.3 Å². The third-order valence-corrected chi connectivity index (χ3v) is 6.24. The monoisotopic (exact) mass is 627 g/mol. The minimum Gasteiger partial charge on any atom is -0.497 e. The summed E-state index contributed by atoms with van der Waals surface area (Å²) in [5.41, 5.74) is 4.35. The molecule has 1 aliphatic heterocycles. The van der Waals surface area contributed by atoms with E-state index in [0.29, 0.717) is 5.92 Å². The van der Waals surface area contributed by atoms with E-state index >= 15 is 0 Å². The molecule has 0 radical (unpaired) electrons. The third-order valence-electron chi connectivity index (χ3n) is 6.24. The van der Waals surface area contributed by atoms with Gasteiger partial charge in [0.2, 0.25) is 0 Å². The van der Waals surface area contributed by atoms with Gasteiger partial charge in [0.1, 0.15) is 5.75 Å². The molecule has 1 fully saturated rings. The largest absolute Gasteiger partial charge is 0.497 e. The predicted octanol–water partition coefficient (Wildman–Crippen LogP) is 5.45. The summed E-state index contributed by atoms with van der Waals surface area (Å²) in [5.74, 6) is -3.37. The van der Waals surface area contributed by atoms with Crippen molar-refractivity contribution in [2.45, 2.75) is 37.7 Å². The minimum absolute atomic E-state index is 0.357. The van der Waals surface area contributed by atoms with Crippen LogP contribution in [0.5, 0.6) is 5.75 Å². The first-order valence-corrected chi connectivity index (χ1v) is 12.9. The van der Waals surface area contributed by atoms with Crippen LogP contribution in [0.2, 0.25) is 0 Å². The van der Waals surface area contributed by atoms with E-state index < -0.39 is 24.3 Å². The zero-order valence-corrected chi connectivity index (χ0v) is 23.1. The first kappa shape index (κ1) is 33.8. The average Bonchev–Trinajstić information content (AvgIpc) is 3.41. The number of fused-ring (bicyclic) bond motifs is 1. The Morgan fingerprint density at radius 2 is 1.66 bits per heavy atom. The summed E-state index contributed by atoms with van der Waals surface area (Å²) in [5, 5.41) is 19.1. The lowest BCUT2D eigenvalue weighted by Crippen LogP contribution is -2.34. The summed E-state index contributed by atoms with van der Waals surface area (Å²) in [6.07, 6.45) is -2.05. The standard InChI is InChI=1S/C24H25N5O.2C2HF3O2/c1-30-22-8-2-6-19(13-22)20-9-10-23-26-24(27-29(23)17-20)21-7-4-12-28(16-21)15-18-5-3-11-25-14-18;2*3-2(4,5)1(6)7/h2-3,5-6,8-11,13-14,17,21H,4,7,12,15-16H2,1H3;2*(H,6,7). The van der Waals surface area contributed by atoms with Gasteiger partial charge in [0.25, 0.3) is 0 Å². The number of aliphatic carboxylic acids is 2. The van der Waals surface area contributed by atoms with Crippen LogP contribution in [0.4, 0.5) is 26.3 Å². The number of piperidine rings is 1. The van der Waals surface area contributed by atoms with E-state index in [1.807, 2.05) is 47.2 Å². The van der Waals surface area contributed by atoms with Crippen LogP contribution in [-0.4, -0.2) is 79.2 Å². The Morgan fingerprint density at radius 1 is 0.977 bits per heavy atom. The van der Waals surface area contributed by atoms with Crippen molar-refractivity contribution in [2.24, 2.45) is 0 Å². The van der Waals surface area contributed by atoms with E-state index in [0.717, 1.165) is 60.8 Å². The number of likely N-dealkylation sites (tertiary alicyclic amines) is 1. The molecule has 0 spiro atoms. The molecule has 10 nitrogen and oxygen atoms in total. The number of carboxylic acids is 2. The number of pyridine rings is 2. The quantitative estimate of drug-likeness (QED) is 0.278. The van der Waals surface area contributed by atoms with Gasteiger partial charge in [-0.1, -0.05) is 18.2 Å². The van der Waals surface area contributed by atoms with Crippen LogP contribution < -0.4 is 4.74 Å². The Balaban J connectivity index is 0.000000317. The van der Waals surface area contributed by atoms with Crippen molar-refractivity contribution < 1.29 is 50.9 Å². The molecule has 44 heavy (non-hydrogen) atoms. The molecule has 0 amide bonds. The molecule has 16 heteroatoms. The molecular formula is C28H27F6N5O5.